The molecular formula is C27H44O. The minimum atomic E-state index is 0.332. The summed E-state index contributed by atoms with van der Waals surface area (Å²) in [5, 5.41) is 0. The maximum Gasteiger partial charge on any atom is 0.155 e. The molecule has 4 aliphatic carbocycles. The highest BCUT2D eigenvalue weighted by Crippen LogP contribution is 2.67. The quantitative estimate of drug-likeness (QED) is 0.477. The van der Waals surface area contributed by atoms with Gasteiger partial charge in [0.05, 0.1) is 0 Å². The second kappa shape index (κ2) is 7.59. The molecule has 0 N–H and O–H groups in total. The highest BCUT2D eigenvalue weighted by atomic mass is 16.1. The number of hydrogen-bond donors (Lipinski definition) is 0. The summed E-state index contributed by atoms with van der Waals surface area (Å²) in [4.78, 5) is 12.0. The Morgan fingerprint density at radius 3 is 2.50 bits per heavy atom. The first-order valence-electron chi connectivity index (χ1n) is 12.5. The van der Waals surface area contributed by atoms with E-state index in [2.05, 4.69) is 40.7 Å². The van der Waals surface area contributed by atoms with Crippen molar-refractivity contribution in [1.82, 2.24) is 0 Å². The third-order valence-electron chi connectivity index (χ3n) is 10.2. The van der Waals surface area contributed by atoms with Crippen molar-refractivity contribution >= 4 is 5.78 Å². The van der Waals surface area contributed by atoms with Gasteiger partial charge in [0, 0.05) is 6.42 Å². The van der Waals surface area contributed by atoms with Crippen molar-refractivity contribution in [3.8, 4) is 0 Å². The first-order valence-corrected chi connectivity index (χ1v) is 12.5. The number of allylic oxidation sites excluding steroid dienone is 1. The summed E-state index contributed by atoms with van der Waals surface area (Å²) < 4.78 is 0. The Bertz CT molecular complexity index is 630. The highest BCUT2D eigenvalue weighted by molar-refractivity contribution is 5.91. The van der Waals surface area contributed by atoms with Crippen molar-refractivity contribution in [2.75, 3.05) is 0 Å². The van der Waals surface area contributed by atoms with Gasteiger partial charge in [-0.05, 0) is 97.4 Å². The lowest BCUT2D eigenvalue weighted by molar-refractivity contribution is -0.117. The summed E-state index contributed by atoms with van der Waals surface area (Å²) >= 11 is 0. The normalized spacial score (nSPS) is 43.9. The molecule has 0 amide bonds. The molecule has 0 aromatic heterocycles. The summed E-state index contributed by atoms with van der Waals surface area (Å²) in [7, 11) is 0. The maximum atomic E-state index is 12.0. The lowest BCUT2D eigenvalue weighted by atomic mass is 9.46. The minimum Gasteiger partial charge on any atom is -0.295 e. The molecule has 1 heteroatoms. The Balaban J connectivity index is 1.49. The van der Waals surface area contributed by atoms with E-state index in [1.807, 2.05) is 0 Å². The average molecular weight is 385 g/mol. The molecule has 3 saturated carbocycles. The van der Waals surface area contributed by atoms with Gasteiger partial charge in [-0.15, -0.1) is 0 Å². The van der Waals surface area contributed by atoms with Crippen LogP contribution in [0.3, 0.4) is 0 Å². The molecule has 0 aromatic rings. The average Bonchev–Trinajstić information content (AvgIpc) is 2.99. The van der Waals surface area contributed by atoms with Crippen molar-refractivity contribution < 1.29 is 4.79 Å². The van der Waals surface area contributed by atoms with E-state index < -0.39 is 0 Å². The van der Waals surface area contributed by atoms with Crippen LogP contribution >= 0.6 is 0 Å². The Kier molecular flexibility index (Phi) is 5.60. The van der Waals surface area contributed by atoms with E-state index in [1.165, 1.54) is 63.4 Å². The van der Waals surface area contributed by atoms with Crippen LogP contribution in [-0.2, 0) is 4.79 Å². The summed E-state index contributed by atoms with van der Waals surface area (Å²) in [6.07, 6.45) is 16.6. The Hall–Kier alpha value is -0.590. The molecule has 0 radical (unpaired) electrons. The maximum absolute atomic E-state index is 12.0. The molecule has 4 rings (SSSR count). The minimum absolute atomic E-state index is 0.332. The van der Waals surface area contributed by atoms with E-state index in [0.29, 0.717) is 16.6 Å². The Morgan fingerprint density at radius 2 is 1.75 bits per heavy atom. The van der Waals surface area contributed by atoms with Crippen LogP contribution in [0.25, 0.3) is 0 Å². The number of rotatable bonds is 5. The van der Waals surface area contributed by atoms with Gasteiger partial charge in [-0.3, -0.25) is 4.79 Å². The van der Waals surface area contributed by atoms with Gasteiger partial charge in [-0.25, -0.2) is 0 Å². The van der Waals surface area contributed by atoms with E-state index in [0.717, 1.165) is 48.3 Å². The second-order valence-electron chi connectivity index (χ2n) is 12.0. The van der Waals surface area contributed by atoms with Gasteiger partial charge in [0.1, 0.15) is 0 Å². The van der Waals surface area contributed by atoms with Crippen molar-refractivity contribution in [2.24, 2.45) is 46.3 Å². The molecule has 7 atom stereocenters. The highest BCUT2D eigenvalue weighted by Gasteiger charge is 2.59. The Morgan fingerprint density at radius 1 is 0.964 bits per heavy atom. The molecule has 0 unspecified atom stereocenters. The zero-order valence-electron chi connectivity index (χ0n) is 19.2. The van der Waals surface area contributed by atoms with E-state index >= 15 is 0 Å². The predicted molar refractivity (Wildman–Crippen MR) is 118 cm³/mol. The van der Waals surface area contributed by atoms with Crippen LogP contribution in [0, 0.1) is 46.3 Å². The molecule has 3 fully saturated rings. The van der Waals surface area contributed by atoms with Crippen LogP contribution < -0.4 is 0 Å². The van der Waals surface area contributed by atoms with Gasteiger partial charge in [0.25, 0.3) is 0 Å². The van der Waals surface area contributed by atoms with E-state index in [1.54, 1.807) is 0 Å². The summed E-state index contributed by atoms with van der Waals surface area (Å²) in [6.45, 7) is 12.5. The van der Waals surface area contributed by atoms with Gasteiger partial charge < -0.3 is 0 Å². The zero-order chi connectivity index (χ0) is 20.1. The third kappa shape index (κ3) is 3.33. The second-order valence-corrected chi connectivity index (χ2v) is 12.0. The lowest BCUT2D eigenvalue weighted by Crippen LogP contribution is -2.50. The van der Waals surface area contributed by atoms with Gasteiger partial charge in [-0.1, -0.05) is 59.5 Å². The standard InChI is InChI=1S/C27H44O/c1-18(2)7-6-8-19(3)23-11-12-24-22-10-9-20-17-21(28)13-15-26(20,4)25(22)14-16-27(23,24)5/h17-19,22-25H,6-16H2,1-5H3/t19-,22-,23+,24-,25-,26+,27+/m1/s1. The third-order valence-corrected chi connectivity index (χ3v) is 10.2. The molecule has 158 valence electrons. The molecule has 1 nitrogen and oxygen atoms in total. The largest absolute Gasteiger partial charge is 0.295 e. The van der Waals surface area contributed by atoms with Gasteiger partial charge >= 0.3 is 0 Å². The molecular weight excluding hydrogens is 340 g/mol. The smallest absolute Gasteiger partial charge is 0.155 e. The van der Waals surface area contributed by atoms with E-state index in [9.17, 15) is 4.79 Å². The van der Waals surface area contributed by atoms with Crippen LogP contribution in [0.1, 0.15) is 105 Å². The SMILES string of the molecule is CC(C)CCC[C@@H](C)[C@@H]1CC[C@@H]2[C@H]3CCC4=CC(=O)CC[C@]4(C)[C@@H]3CC[C@]21C. The van der Waals surface area contributed by atoms with Gasteiger partial charge in [-0.2, -0.15) is 0 Å². The number of fused-ring (bicyclic) bond motifs is 5. The molecule has 0 heterocycles. The first-order chi connectivity index (χ1) is 13.3. The zero-order valence-corrected chi connectivity index (χ0v) is 19.2. The van der Waals surface area contributed by atoms with Gasteiger partial charge in [0.2, 0.25) is 0 Å². The number of carbonyl (C=O) groups excluding carboxylic acids is 1. The van der Waals surface area contributed by atoms with Crippen molar-refractivity contribution in [1.29, 1.82) is 0 Å². The number of hydrogen-bond acceptors (Lipinski definition) is 1. The van der Waals surface area contributed by atoms with E-state index in [-0.39, 0.29) is 0 Å². The molecule has 0 aliphatic heterocycles. The molecule has 0 bridgehead atoms. The topological polar surface area (TPSA) is 17.1 Å². The van der Waals surface area contributed by atoms with Gasteiger partial charge in [0.15, 0.2) is 5.78 Å². The number of ketones is 1. The predicted octanol–water partition coefficient (Wildman–Crippen LogP) is 7.60. The van der Waals surface area contributed by atoms with Crippen molar-refractivity contribution in [2.45, 2.75) is 105 Å². The fourth-order valence-corrected chi connectivity index (χ4v) is 8.58. The molecule has 0 saturated heterocycles. The van der Waals surface area contributed by atoms with Crippen LogP contribution in [-0.4, -0.2) is 5.78 Å². The molecule has 0 aromatic carbocycles. The fraction of sp³-hybridized carbons (Fsp3) is 0.889. The molecule has 4 aliphatic rings. The molecule has 0 spiro atoms. The van der Waals surface area contributed by atoms with Crippen molar-refractivity contribution in [3.05, 3.63) is 11.6 Å². The first kappa shape index (κ1) is 20.7. The fourth-order valence-electron chi connectivity index (χ4n) is 8.58. The van der Waals surface area contributed by atoms with Crippen molar-refractivity contribution in [3.63, 3.8) is 0 Å². The van der Waals surface area contributed by atoms with E-state index in [4.69, 9.17) is 0 Å². The summed E-state index contributed by atoms with van der Waals surface area (Å²) in [5.74, 6) is 5.79. The molecule has 28 heavy (non-hydrogen) atoms. The van der Waals surface area contributed by atoms with Crippen LogP contribution in [0.4, 0.5) is 0 Å². The monoisotopic (exact) mass is 384 g/mol. The lowest BCUT2D eigenvalue weighted by Gasteiger charge is -2.58. The van der Waals surface area contributed by atoms with Crippen LogP contribution in [0.15, 0.2) is 11.6 Å². The number of carbonyl (C=O) groups is 1. The Labute approximate surface area is 174 Å². The summed E-state index contributed by atoms with van der Waals surface area (Å²) in [6, 6.07) is 0. The van der Waals surface area contributed by atoms with Crippen LogP contribution in [0.2, 0.25) is 0 Å². The summed E-state index contributed by atoms with van der Waals surface area (Å²) in [5.41, 5.74) is 2.43. The van der Waals surface area contributed by atoms with Crippen LogP contribution in [0.5, 0.6) is 0 Å².